The Morgan fingerprint density at radius 3 is 2.50 bits per heavy atom. The molecule has 22 heavy (non-hydrogen) atoms. The number of benzene rings is 1. The largest absolute Gasteiger partial charge is 0.417 e. The minimum absolute atomic E-state index is 0.0630. The third-order valence-electron chi connectivity index (χ3n) is 4.37. The molecule has 2 unspecified atom stereocenters. The molecule has 2 atom stereocenters. The van der Waals surface area contributed by atoms with Crippen molar-refractivity contribution in [3.05, 3.63) is 41.2 Å². The zero-order chi connectivity index (χ0) is 16.1. The Balaban J connectivity index is 2.12. The molecule has 0 radical (unpaired) electrons. The lowest BCUT2D eigenvalue weighted by molar-refractivity contribution is -0.138. The van der Waals surface area contributed by atoms with Crippen LogP contribution in [0.25, 0.3) is 5.57 Å². The quantitative estimate of drug-likeness (QED) is 0.728. The second kappa shape index (κ2) is 5.08. The molecule has 1 aromatic rings. The lowest BCUT2D eigenvalue weighted by atomic mass is 9.90. The van der Waals surface area contributed by atoms with E-state index < -0.39 is 37.9 Å². The summed E-state index contributed by atoms with van der Waals surface area (Å²) < 4.78 is 76.9. The number of allylic oxidation sites excluding steroid dienone is 1. The number of sulfone groups is 1. The van der Waals surface area contributed by atoms with E-state index in [0.717, 1.165) is 18.6 Å². The van der Waals surface area contributed by atoms with Gasteiger partial charge in [0.25, 0.3) is 0 Å². The monoisotopic (exact) mass is 334 g/mol. The van der Waals surface area contributed by atoms with E-state index >= 15 is 0 Å². The summed E-state index contributed by atoms with van der Waals surface area (Å²) in [5.41, 5.74) is -0.798. The van der Waals surface area contributed by atoms with Gasteiger partial charge in [0.2, 0.25) is 0 Å². The smallest absolute Gasteiger partial charge is 0.228 e. The summed E-state index contributed by atoms with van der Waals surface area (Å²) in [6, 6.07) is 2.54. The fraction of sp³-hybridized carbons (Fsp3) is 0.467. The van der Waals surface area contributed by atoms with Gasteiger partial charge in [-0.3, -0.25) is 0 Å². The number of hydrogen-bond acceptors (Lipinski definition) is 2. The maximum Gasteiger partial charge on any atom is 0.417 e. The standard InChI is InChI=1S/C15H14F4O2S/c16-10-4-5-13(14(8-10)15(17,18)19)9-6-11-2-1-3-12(7-9)22(11,20)21/h4-6,8,11-12H,1-3,7H2. The molecule has 0 N–H and O–H groups in total. The van der Waals surface area contributed by atoms with Gasteiger partial charge in [0.1, 0.15) is 5.82 Å². The highest BCUT2D eigenvalue weighted by Crippen LogP contribution is 2.43. The molecule has 0 amide bonds. The molecule has 2 aliphatic heterocycles. The molecule has 7 heteroatoms. The fourth-order valence-corrected chi connectivity index (χ4v) is 5.54. The van der Waals surface area contributed by atoms with Crippen LogP contribution < -0.4 is 0 Å². The Hall–Kier alpha value is -1.37. The Morgan fingerprint density at radius 1 is 1.14 bits per heavy atom. The number of rotatable bonds is 1. The van der Waals surface area contributed by atoms with E-state index in [9.17, 15) is 26.0 Å². The van der Waals surface area contributed by atoms with Gasteiger partial charge < -0.3 is 0 Å². The summed E-state index contributed by atoms with van der Waals surface area (Å²) in [5.74, 6) is -0.958. The maximum atomic E-state index is 13.2. The summed E-state index contributed by atoms with van der Waals surface area (Å²) in [6.45, 7) is 0. The highest BCUT2D eigenvalue weighted by atomic mass is 32.2. The molecule has 2 heterocycles. The van der Waals surface area contributed by atoms with Gasteiger partial charge in [-0.05, 0) is 42.5 Å². The lowest BCUT2D eigenvalue weighted by Crippen LogP contribution is -2.38. The van der Waals surface area contributed by atoms with Crippen LogP contribution in [-0.4, -0.2) is 18.9 Å². The van der Waals surface area contributed by atoms with Crippen molar-refractivity contribution in [3.63, 3.8) is 0 Å². The van der Waals surface area contributed by atoms with Crippen molar-refractivity contribution in [1.29, 1.82) is 0 Å². The molecule has 0 spiro atoms. The van der Waals surface area contributed by atoms with Crippen LogP contribution in [0.1, 0.15) is 36.8 Å². The van der Waals surface area contributed by atoms with E-state index in [2.05, 4.69) is 0 Å². The van der Waals surface area contributed by atoms with Crippen molar-refractivity contribution >= 4 is 15.4 Å². The molecule has 0 saturated carbocycles. The number of alkyl halides is 3. The Labute approximate surface area is 125 Å². The molecule has 1 fully saturated rings. The number of halogens is 4. The molecule has 0 aliphatic carbocycles. The molecule has 2 bridgehead atoms. The second-order valence-electron chi connectivity index (χ2n) is 5.76. The zero-order valence-corrected chi connectivity index (χ0v) is 12.3. The average molecular weight is 334 g/mol. The van der Waals surface area contributed by atoms with Gasteiger partial charge in [-0.1, -0.05) is 18.6 Å². The van der Waals surface area contributed by atoms with Crippen molar-refractivity contribution in [2.24, 2.45) is 0 Å². The van der Waals surface area contributed by atoms with E-state index in [0.29, 0.717) is 24.5 Å². The van der Waals surface area contributed by atoms with Gasteiger partial charge in [0.05, 0.1) is 16.1 Å². The molecule has 1 saturated heterocycles. The van der Waals surface area contributed by atoms with Gasteiger partial charge in [-0.2, -0.15) is 13.2 Å². The third-order valence-corrected chi connectivity index (χ3v) is 6.92. The van der Waals surface area contributed by atoms with E-state index in [1.54, 1.807) is 0 Å². The van der Waals surface area contributed by atoms with Crippen LogP contribution in [0.3, 0.4) is 0 Å². The fourth-order valence-electron chi connectivity index (χ4n) is 3.29. The molecule has 120 valence electrons. The first kappa shape index (κ1) is 15.5. The molecule has 0 aromatic heterocycles. The average Bonchev–Trinajstić information content (AvgIpc) is 2.36. The van der Waals surface area contributed by atoms with E-state index in [1.165, 1.54) is 6.08 Å². The van der Waals surface area contributed by atoms with Crippen LogP contribution in [0.4, 0.5) is 17.6 Å². The van der Waals surface area contributed by atoms with E-state index in [4.69, 9.17) is 0 Å². The Kier molecular flexibility index (Phi) is 3.58. The Morgan fingerprint density at radius 2 is 1.86 bits per heavy atom. The predicted octanol–water partition coefficient (Wildman–Crippen LogP) is 3.97. The van der Waals surface area contributed by atoms with Crippen molar-refractivity contribution in [1.82, 2.24) is 0 Å². The van der Waals surface area contributed by atoms with Gasteiger partial charge in [0.15, 0.2) is 9.84 Å². The minimum Gasteiger partial charge on any atom is -0.228 e. The van der Waals surface area contributed by atoms with Gasteiger partial charge in [0, 0.05) is 0 Å². The third kappa shape index (κ3) is 2.55. The first-order valence-corrected chi connectivity index (χ1v) is 8.61. The first-order valence-electron chi connectivity index (χ1n) is 7.00. The van der Waals surface area contributed by atoms with Crippen molar-refractivity contribution in [2.75, 3.05) is 0 Å². The SMILES string of the molecule is O=S1(=O)C2C=C(c3ccc(F)cc3C(F)(F)F)CC1CCC2. The lowest BCUT2D eigenvalue weighted by Gasteiger charge is -2.34. The van der Waals surface area contributed by atoms with Crippen LogP contribution in [0.15, 0.2) is 24.3 Å². The molecule has 2 aliphatic rings. The molecule has 1 aromatic carbocycles. The maximum absolute atomic E-state index is 13.2. The summed E-state index contributed by atoms with van der Waals surface area (Å²) >= 11 is 0. The topological polar surface area (TPSA) is 34.1 Å². The van der Waals surface area contributed by atoms with Crippen molar-refractivity contribution in [2.45, 2.75) is 42.4 Å². The summed E-state index contributed by atoms with van der Waals surface area (Å²) in [6.07, 6.45) is -1.53. The van der Waals surface area contributed by atoms with Crippen LogP contribution >= 0.6 is 0 Å². The van der Waals surface area contributed by atoms with E-state index in [1.807, 2.05) is 0 Å². The number of hydrogen-bond donors (Lipinski definition) is 0. The summed E-state index contributed by atoms with van der Waals surface area (Å²) in [4.78, 5) is 0. The summed E-state index contributed by atoms with van der Waals surface area (Å²) in [5, 5.41) is -1.35. The molecular weight excluding hydrogens is 320 g/mol. The molecule has 3 rings (SSSR count). The first-order chi connectivity index (χ1) is 10.2. The number of fused-ring (bicyclic) bond motifs is 2. The van der Waals surface area contributed by atoms with Crippen LogP contribution in [-0.2, 0) is 16.0 Å². The van der Waals surface area contributed by atoms with Crippen molar-refractivity contribution in [3.8, 4) is 0 Å². The predicted molar refractivity (Wildman–Crippen MR) is 74.3 cm³/mol. The second-order valence-corrected chi connectivity index (χ2v) is 8.21. The highest BCUT2D eigenvalue weighted by molar-refractivity contribution is 7.93. The minimum atomic E-state index is -4.68. The molecular formula is C15H14F4O2S. The molecule has 2 nitrogen and oxygen atoms in total. The zero-order valence-electron chi connectivity index (χ0n) is 11.5. The van der Waals surface area contributed by atoms with Crippen LogP contribution in [0.2, 0.25) is 0 Å². The van der Waals surface area contributed by atoms with Gasteiger partial charge in [-0.25, -0.2) is 12.8 Å². The normalized spacial score (nSPS) is 27.4. The summed E-state index contributed by atoms with van der Waals surface area (Å²) in [7, 11) is -3.29. The van der Waals surface area contributed by atoms with Gasteiger partial charge in [-0.15, -0.1) is 0 Å². The van der Waals surface area contributed by atoms with E-state index in [-0.39, 0.29) is 12.0 Å². The van der Waals surface area contributed by atoms with Gasteiger partial charge >= 0.3 is 6.18 Å². The van der Waals surface area contributed by atoms with Crippen molar-refractivity contribution < 1.29 is 26.0 Å². The van der Waals surface area contributed by atoms with Crippen LogP contribution in [0.5, 0.6) is 0 Å². The Bertz CT molecular complexity index is 734. The van der Waals surface area contributed by atoms with Crippen LogP contribution in [0, 0.1) is 5.82 Å². The highest BCUT2D eigenvalue weighted by Gasteiger charge is 2.42.